The molecule has 0 radical (unpaired) electrons. The Balaban J connectivity index is 2.15. The van der Waals surface area contributed by atoms with E-state index in [1.165, 1.54) is 0 Å². The van der Waals surface area contributed by atoms with E-state index < -0.39 is 11.6 Å². The summed E-state index contributed by atoms with van der Waals surface area (Å²) in [5, 5.41) is 8.46. The van der Waals surface area contributed by atoms with E-state index in [0.29, 0.717) is 19.8 Å². The van der Waals surface area contributed by atoms with E-state index in [0.717, 1.165) is 4.42 Å². The fraction of sp³-hybridized carbons (Fsp3) is 0.889. The highest BCUT2D eigenvalue weighted by molar-refractivity contribution is 6.21. The van der Waals surface area contributed by atoms with E-state index in [2.05, 4.69) is 0 Å². The van der Waals surface area contributed by atoms with Gasteiger partial charge in [0.1, 0.15) is 12.1 Å². The average Bonchev–Trinajstić information content (AvgIpc) is 2.52. The minimum atomic E-state index is -0.629. The quantitative estimate of drug-likeness (QED) is 0.525. The van der Waals surface area contributed by atoms with Crippen molar-refractivity contribution in [1.82, 2.24) is 4.42 Å². The first-order valence-corrected chi connectivity index (χ1v) is 5.33. The van der Waals surface area contributed by atoms with Crippen LogP contribution >= 0.6 is 11.8 Å². The molecule has 6 nitrogen and oxygen atoms in total. The van der Waals surface area contributed by atoms with Crippen LogP contribution in [0.1, 0.15) is 6.92 Å². The highest BCUT2D eigenvalue weighted by Gasteiger charge is 2.43. The van der Waals surface area contributed by atoms with Crippen molar-refractivity contribution in [2.75, 3.05) is 39.6 Å². The number of aliphatic hydroxyl groups is 1. The number of cyclic esters (lactones) is 1. The zero-order valence-electron chi connectivity index (χ0n) is 9.15. The predicted molar refractivity (Wildman–Crippen MR) is 56.2 cm³/mol. The summed E-state index contributed by atoms with van der Waals surface area (Å²) in [6, 6.07) is 0. The third-order valence-electron chi connectivity index (χ3n) is 2.16. The van der Waals surface area contributed by atoms with Crippen LogP contribution < -0.4 is 0 Å². The van der Waals surface area contributed by atoms with Crippen LogP contribution in [0.4, 0.5) is 4.79 Å². The maximum atomic E-state index is 11.0. The fourth-order valence-corrected chi connectivity index (χ4v) is 1.37. The van der Waals surface area contributed by atoms with Gasteiger partial charge in [-0.1, -0.05) is 0 Å². The molecule has 7 heteroatoms. The Morgan fingerprint density at radius 3 is 2.75 bits per heavy atom. The van der Waals surface area contributed by atoms with Crippen LogP contribution in [0.2, 0.25) is 0 Å². The molecule has 1 atom stereocenters. The number of aliphatic hydroxyl groups excluding tert-OH is 1. The Labute approximate surface area is 99.1 Å². The van der Waals surface area contributed by atoms with Crippen LogP contribution in [0.25, 0.3) is 0 Å². The van der Waals surface area contributed by atoms with Gasteiger partial charge in [-0.05, 0) is 6.92 Å². The lowest BCUT2D eigenvalue weighted by atomic mass is 10.1. The summed E-state index contributed by atoms with van der Waals surface area (Å²) in [7, 11) is 0. The van der Waals surface area contributed by atoms with Crippen LogP contribution in [0.5, 0.6) is 0 Å². The lowest BCUT2D eigenvalue weighted by Crippen LogP contribution is -2.43. The molecule has 0 aliphatic carbocycles. The minimum absolute atomic E-state index is 0.00445. The Bertz CT molecular complexity index is 240. The number of rotatable bonds is 7. The molecule has 1 amide bonds. The van der Waals surface area contributed by atoms with Crippen molar-refractivity contribution in [3.63, 3.8) is 0 Å². The van der Waals surface area contributed by atoms with Crippen LogP contribution in [0.3, 0.4) is 0 Å². The summed E-state index contributed by atoms with van der Waals surface area (Å²) in [4.78, 5) is 11.0. The molecule has 0 aromatic carbocycles. The third kappa shape index (κ3) is 3.48. The zero-order chi connectivity index (χ0) is 12.0. The van der Waals surface area contributed by atoms with Crippen molar-refractivity contribution >= 4 is 17.9 Å². The highest BCUT2D eigenvalue weighted by atomic mass is 35.5. The summed E-state index contributed by atoms with van der Waals surface area (Å²) in [5.41, 5.74) is -0.629. The van der Waals surface area contributed by atoms with E-state index in [1.54, 1.807) is 6.92 Å². The van der Waals surface area contributed by atoms with Gasteiger partial charge in [-0.15, -0.1) is 0 Å². The number of halogens is 1. The molecule has 1 N–H and O–H groups in total. The molecule has 0 saturated carbocycles. The zero-order valence-corrected chi connectivity index (χ0v) is 9.90. The lowest BCUT2D eigenvalue weighted by molar-refractivity contribution is 0.00729. The number of amides is 1. The van der Waals surface area contributed by atoms with E-state index in [-0.39, 0.29) is 19.8 Å². The molecule has 16 heavy (non-hydrogen) atoms. The van der Waals surface area contributed by atoms with Gasteiger partial charge in [0.15, 0.2) is 0 Å². The number of hydrogen-bond donors (Lipinski definition) is 1. The van der Waals surface area contributed by atoms with Gasteiger partial charge in [0.2, 0.25) is 0 Å². The molecule has 1 unspecified atom stereocenters. The number of carbonyl (C=O) groups is 1. The second kappa shape index (κ2) is 6.24. The van der Waals surface area contributed by atoms with E-state index in [1.807, 2.05) is 0 Å². The Kier molecular flexibility index (Phi) is 5.27. The molecule has 1 heterocycles. The standard InChI is InChI=1S/C9H16ClNO5/c1-9(7-16-8(13)11(9)10)6-15-5-4-14-3-2-12/h12H,2-7H2,1H3. The largest absolute Gasteiger partial charge is 0.446 e. The summed E-state index contributed by atoms with van der Waals surface area (Å²) in [6.45, 7) is 3.35. The molecular weight excluding hydrogens is 238 g/mol. The van der Waals surface area contributed by atoms with Crippen molar-refractivity contribution in [1.29, 1.82) is 0 Å². The topological polar surface area (TPSA) is 68.2 Å². The van der Waals surface area contributed by atoms with E-state index in [9.17, 15) is 4.79 Å². The first-order valence-electron chi connectivity index (χ1n) is 4.99. The minimum Gasteiger partial charge on any atom is -0.446 e. The van der Waals surface area contributed by atoms with E-state index in [4.69, 9.17) is 31.1 Å². The monoisotopic (exact) mass is 253 g/mol. The number of ether oxygens (including phenoxy) is 3. The molecule has 1 aliphatic rings. The summed E-state index contributed by atoms with van der Waals surface area (Å²) >= 11 is 5.75. The first kappa shape index (κ1) is 13.5. The molecule has 94 valence electrons. The van der Waals surface area contributed by atoms with Gasteiger partial charge in [0.25, 0.3) is 0 Å². The smallest absolute Gasteiger partial charge is 0.425 e. The van der Waals surface area contributed by atoms with Crippen molar-refractivity contribution in [3.8, 4) is 0 Å². The van der Waals surface area contributed by atoms with Gasteiger partial charge in [-0.25, -0.2) is 9.21 Å². The van der Waals surface area contributed by atoms with Gasteiger partial charge in [0, 0.05) is 11.8 Å². The normalized spacial score (nSPS) is 24.9. The second-order valence-electron chi connectivity index (χ2n) is 3.72. The van der Waals surface area contributed by atoms with Gasteiger partial charge >= 0.3 is 6.09 Å². The molecule has 0 aromatic heterocycles. The molecule has 0 bridgehead atoms. The van der Waals surface area contributed by atoms with Crippen molar-refractivity contribution in [2.24, 2.45) is 0 Å². The second-order valence-corrected chi connectivity index (χ2v) is 4.06. The van der Waals surface area contributed by atoms with Crippen molar-refractivity contribution in [3.05, 3.63) is 0 Å². The molecule has 1 aliphatic heterocycles. The van der Waals surface area contributed by atoms with Crippen molar-refractivity contribution < 1.29 is 24.1 Å². The van der Waals surface area contributed by atoms with Gasteiger partial charge in [0.05, 0.1) is 33.0 Å². The molecule has 1 rings (SSSR count). The maximum absolute atomic E-state index is 11.0. The Morgan fingerprint density at radius 2 is 2.19 bits per heavy atom. The van der Waals surface area contributed by atoms with Crippen molar-refractivity contribution in [2.45, 2.75) is 12.5 Å². The third-order valence-corrected chi connectivity index (χ3v) is 2.71. The van der Waals surface area contributed by atoms with E-state index >= 15 is 0 Å². The molecule has 1 fully saturated rings. The number of hydrogen-bond acceptors (Lipinski definition) is 5. The summed E-state index contributed by atoms with van der Waals surface area (Å²) < 4.78 is 16.1. The molecule has 0 spiro atoms. The van der Waals surface area contributed by atoms with Crippen LogP contribution in [0, 0.1) is 0 Å². The number of carbonyl (C=O) groups excluding carboxylic acids is 1. The SMILES string of the molecule is CC1(COCCOCCO)COC(=O)N1Cl. The Morgan fingerprint density at radius 1 is 1.50 bits per heavy atom. The number of nitrogens with zero attached hydrogens (tertiary/aromatic N) is 1. The van der Waals surface area contributed by atoms with Gasteiger partial charge < -0.3 is 19.3 Å². The predicted octanol–water partition coefficient (Wildman–Crippen LogP) is 0.377. The Hall–Kier alpha value is -0.560. The molecule has 1 saturated heterocycles. The lowest BCUT2D eigenvalue weighted by Gasteiger charge is -2.25. The van der Waals surface area contributed by atoms with Crippen LogP contribution in [-0.4, -0.2) is 60.8 Å². The fourth-order valence-electron chi connectivity index (χ4n) is 1.23. The van der Waals surface area contributed by atoms with Crippen LogP contribution in [-0.2, 0) is 14.2 Å². The molecular formula is C9H16ClNO5. The summed E-state index contributed by atoms with van der Waals surface area (Å²) in [5.74, 6) is 0. The van der Waals surface area contributed by atoms with Gasteiger partial charge in [-0.2, -0.15) is 0 Å². The van der Waals surface area contributed by atoms with Gasteiger partial charge in [-0.3, -0.25) is 0 Å². The van der Waals surface area contributed by atoms with Crippen LogP contribution in [0.15, 0.2) is 0 Å². The summed E-state index contributed by atoms with van der Waals surface area (Å²) in [6.07, 6.45) is -0.552. The first-order chi connectivity index (χ1) is 7.60. The average molecular weight is 254 g/mol. The molecule has 0 aromatic rings. The maximum Gasteiger partial charge on any atom is 0.425 e. The highest BCUT2D eigenvalue weighted by Crippen LogP contribution is 2.26.